The molecule has 1 aromatic heterocycles. The lowest BCUT2D eigenvalue weighted by atomic mass is 9.97. The summed E-state index contributed by atoms with van der Waals surface area (Å²) in [6.07, 6.45) is 7.09. The van der Waals surface area contributed by atoms with Gasteiger partial charge in [0.25, 0.3) is 0 Å². The fourth-order valence-corrected chi connectivity index (χ4v) is 8.36. The van der Waals surface area contributed by atoms with Crippen LogP contribution in [0.4, 0.5) is 5.69 Å². The molecule has 0 amide bonds. The van der Waals surface area contributed by atoms with Gasteiger partial charge in [-0.2, -0.15) is 0 Å². The Morgan fingerprint density at radius 2 is 1.84 bits per heavy atom. The number of carbonyl (C=O) groups is 1. The van der Waals surface area contributed by atoms with Gasteiger partial charge in [-0.3, -0.25) is 14.5 Å². The van der Waals surface area contributed by atoms with E-state index < -0.39 is 25.1 Å². The highest BCUT2D eigenvalue weighted by atomic mass is 32.2. The second-order valence-corrected chi connectivity index (χ2v) is 12.6. The lowest BCUT2D eigenvalue weighted by Gasteiger charge is -2.25. The average Bonchev–Trinajstić information content (AvgIpc) is 3.44. The second-order valence-electron chi connectivity index (χ2n) is 8.47. The zero-order valence-electron chi connectivity index (χ0n) is 16.7. The fourth-order valence-electron chi connectivity index (χ4n) is 4.02. The topological polar surface area (TPSA) is 110 Å². The third-order valence-corrected chi connectivity index (χ3v) is 9.92. The van der Waals surface area contributed by atoms with Crippen molar-refractivity contribution in [1.82, 2.24) is 4.98 Å². The summed E-state index contributed by atoms with van der Waals surface area (Å²) in [7, 11) is -6.97. The smallest absolute Gasteiger partial charge is 0.237 e. The molecule has 0 unspecified atom stereocenters. The van der Waals surface area contributed by atoms with E-state index >= 15 is 0 Å². The van der Waals surface area contributed by atoms with Gasteiger partial charge in [-0.1, -0.05) is 24.3 Å². The number of carbonyl (C=O) groups excluding carboxylic acids is 1. The van der Waals surface area contributed by atoms with E-state index in [0.29, 0.717) is 12.1 Å². The number of sulfonamides is 1. The van der Waals surface area contributed by atoms with Crippen molar-refractivity contribution < 1.29 is 21.6 Å². The van der Waals surface area contributed by atoms with E-state index in [-0.39, 0.29) is 23.2 Å². The molecule has 1 aliphatic heterocycles. The highest BCUT2D eigenvalue weighted by Crippen LogP contribution is 2.34. The predicted octanol–water partition coefficient (Wildman–Crippen LogP) is 2.38. The zero-order chi connectivity index (χ0) is 21.8. The molecule has 1 saturated carbocycles. The van der Waals surface area contributed by atoms with Crippen LogP contribution >= 0.6 is 0 Å². The van der Waals surface area contributed by atoms with Gasteiger partial charge in [0.15, 0.2) is 9.84 Å². The predicted molar refractivity (Wildman–Crippen MR) is 119 cm³/mol. The first kappa shape index (κ1) is 20.4. The van der Waals surface area contributed by atoms with Gasteiger partial charge in [0.05, 0.1) is 17.2 Å². The van der Waals surface area contributed by atoms with Crippen LogP contribution in [0.5, 0.6) is 0 Å². The molecular weight excluding hydrogens is 436 g/mol. The van der Waals surface area contributed by atoms with Crippen LogP contribution < -0.4 is 4.72 Å². The van der Waals surface area contributed by atoms with Crippen LogP contribution in [0.25, 0.3) is 17.2 Å². The number of benzene rings is 1. The van der Waals surface area contributed by atoms with Gasteiger partial charge in [0.2, 0.25) is 10.0 Å². The normalized spacial score (nSPS) is 19.6. The standard InChI is InChI=1S/C22H22N2O5S2/c25-22(15-4-5-15)11-17-10-20(19-2-1-3-21(19)23-17)14-6-8-16(9-7-14)24-31(28,29)18-12-30(26,27)13-18/h1-2,6-10,15,18,24H,3-5,11-13H2. The average molecular weight is 459 g/mol. The van der Waals surface area contributed by atoms with E-state index in [2.05, 4.69) is 9.71 Å². The van der Waals surface area contributed by atoms with Crippen LogP contribution in [-0.4, -0.2) is 44.4 Å². The maximum Gasteiger partial charge on any atom is 0.237 e. The van der Waals surface area contributed by atoms with Crippen LogP contribution in [0.15, 0.2) is 36.4 Å². The van der Waals surface area contributed by atoms with Crippen molar-refractivity contribution in [3.05, 3.63) is 53.4 Å². The number of hydrogen-bond donors (Lipinski definition) is 1. The van der Waals surface area contributed by atoms with Gasteiger partial charge in [0.1, 0.15) is 11.0 Å². The summed E-state index contributed by atoms with van der Waals surface area (Å²) in [5.74, 6) is -0.238. The molecule has 31 heavy (non-hydrogen) atoms. The molecule has 0 spiro atoms. The molecule has 1 N–H and O–H groups in total. The first-order chi connectivity index (χ1) is 14.7. The number of Topliss-reactive ketones (excluding diaryl/α,β-unsaturated/α-hetero) is 1. The van der Waals surface area contributed by atoms with Crippen molar-refractivity contribution in [2.45, 2.75) is 30.9 Å². The van der Waals surface area contributed by atoms with Crippen molar-refractivity contribution in [3.8, 4) is 11.1 Å². The first-order valence-corrected chi connectivity index (χ1v) is 13.6. The number of sulfone groups is 1. The number of anilines is 1. The Kier molecular flexibility index (Phi) is 4.78. The van der Waals surface area contributed by atoms with E-state index in [1.54, 1.807) is 12.1 Å². The van der Waals surface area contributed by atoms with Crippen LogP contribution in [-0.2, 0) is 37.5 Å². The first-order valence-electron chi connectivity index (χ1n) is 10.2. The van der Waals surface area contributed by atoms with E-state index in [1.807, 2.05) is 30.4 Å². The summed E-state index contributed by atoms with van der Waals surface area (Å²) in [6.45, 7) is 0. The van der Waals surface area contributed by atoms with Crippen molar-refractivity contribution >= 4 is 37.4 Å². The number of fused-ring (bicyclic) bond motifs is 1. The molecule has 0 atom stereocenters. The molecule has 2 aromatic rings. The second kappa shape index (κ2) is 7.27. The van der Waals surface area contributed by atoms with Crippen LogP contribution in [0.3, 0.4) is 0 Å². The van der Waals surface area contributed by atoms with E-state index in [9.17, 15) is 21.6 Å². The van der Waals surface area contributed by atoms with Crippen LogP contribution in [0.2, 0.25) is 0 Å². The summed E-state index contributed by atoms with van der Waals surface area (Å²) in [5.41, 5.74) is 5.00. The van der Waals surface area contributed by atoms with Gasteiger partial charge in [-0.25, -0.2) is 16.8 Å². The maximum atomic E-state index is 12.4. The molecule has 1 saturated heterocycles. The number of aromatic nitrogens is 1. The number of nitrogens with zero attached hydrogens (tertiary/aromatic N) is 1. The third kappa shape index (κ3) is 4.16. The van der Waals surface area contributed by atoms with Gasteiger partial charge < -0.3 is 0 Å². The number of rotatable bonds is 7. The Hall–Kier alpha value is -2.52. The highest BCUT2D eigenvalue weighted by Gasteiger charge is 2.42. The summed E-state index contributed by atoms with van der Waals surface area (Å²) in [4.78, 5) is 16.9. The Labute approximate surface area is 181 Å². The summed E-state index contributed by atoms with van der Waals surface area (Å²) >= 11 is 0. The number of allylic oxidation sites excluding steroid dienone is 1. The maximum absolute atomic E-state index is 12.4. The minimum atomic E-state index is -3.74. The Bertz CT molecular complexity index is 1300. The molecule has 0 radical (unpaired) electrons. The summed E-state index contributed by atoms with van der Waals surface area (Å²) in [5, 5.41) is -0.905. The molecule has 1 aromatic carbocycles. The molecule has 9 heteroatoms. The molecule has 162 valence electrons. The molecule has 2 aliphatic carbocycles. The van der Waals surface area contributed by atoms with Gasteiger partial charge in [0, 0.05) is 35.7 Å². The van der Waals surface area contributed by atoms with Crippen molar-refractivity contribution in [1.29, 1.82) is 0 Å². The van der Waals surface area contributed by atoms with E-state index in [4.69, 9.17) is 0 Å². The number of nitrogens with one attached hydrogen (secondary N) is 1. The largest absolute Gasteiger partial charge is 0.299 e. The van der Waals surface area contributed by atoms with E-state index in [1.165, 1.54) is 0 Å². The zero-order valence-corrected chi connectivity index (χ0v) is 18.4. The molecule has 7 nitrogen and oxygen atoms in total. The Balaban J connectivity index is 1.38. The quantitative estimate of drug-likeness (QED) is 0.682. The minimum Gasteiger partial charge on any atom is -0.299 e. The molecule has 3 aliphatic rings. The number of hydrogen-bond acceptors (Lipinski definition) is 6. The Morgan fingerprint density at radius 1 is 1.13 bits per heavy atom. The molecule has 2 fully saturated rings. The third-order valence-electron chi connectivity index (χ3n) is 5.95. The molecule has 0 bridgehead atoms. The Morgan fingerprint density at radius 3 is 2.48 bits per heavy atom. The number of pyridine rings is 1. The van der Waals surface area contributed by atoms with Crippen LogP contribution in [0, 0.1) is 5.92 Å². The van der Waals surface area contributed by atoms with Crippen molar-refractivity contribution in [3.63, 3.8) is 0 Å². The van der Waals surface area contributed by atoms with Gasteiger partial charge in [-0.15, -0.1) is 0 Å². The van der Waals surface area contributed by atoms with Crippen LogP contribution in [0.1, 0.15) is 29.8 Å². The number of ketones is 1. The van der Waals surface area contributed by atoms with Gasteiger partial charge >= 0.3 is 0 Å². The molecule has 5 rings (SSSR count). The fraction of sp³-hybridized carbons (Fsp3) is 0.364. The van der Waals surface area contributed by atoms with Crippen molar-refractivity contribution in [2.75, 3.05) is 16.2 Å². The summed E-state index contributed by atoms with van der Waals surface area (Å²) in [6, 6.07) is 8.93. The SMILES string of the molecule is O=C(Cc1cc(-c2ccc(NS(=O)(=O)C3CS(=O)(=O)C3)cc2)c2c(n1)CC=C2)C1CC1. The van der Waals surface area contributed by atoms with Gasteiger partial charge in [-0.05, 0) is 42.2 Å². The van der Waals surface area contributed by atoms with Crippen molar-refractivity contribution in [2.24, 2.45) is 5.92 Å². The highest BCUT2D eigenvalue weighted by molar-refractivity contribution is 8.00. The summed E-state index contributed by atoms with van der Waals surface area (Å²) < 4.78 is 49.8. The lowest BCUT2D eigenvalue weighted by Crippen LogP contribution is -2.48. The molecular formula is C22H22N2O5S2. The monoisotopic (exact) mass is 458 g/mol. The van der Waals surface area contributed by atoms with E-state index in [0.717, 1.165) is 47.3 Å². The lowest BCUT2D eigenvalue weighted by molar-refractivity contribution is -0.119. The molecule has 2 heterocycles. The minimum absolute atomic E-state index is 0.189.